The van der Waals surface area contributed by atoms with Crippen LogP contribution < -0.4 is 40.6 Å². The van der Waals surface area contributed by atoms with Gasteiger partial charge in [-0.1, -0.05) is 84.9 Å². The van der Waals surface area contributed by atoms with Crippen LogP contribution in [0.2, 0.25) is 0 Å². The Morgan fingerprint density at radius 1 is 0.417 bits per heavy atom. The summed E-state index contributed by atoms with van der Waals surface area (Å²) in [6, 6.07) is 55.5. The van der Waals surface area contributed by atoms with E-state index in [2.05, 4.69) is 166 Å². The van der Waals surface area contributed by atoms with Crippen molar-refractivity contribution in [1.29, 1.82) is 0 Å². The Hall–Kier alpha value is -6.40. The molecule has 48 heavy (non-hydrogen) atoms. The number of anilines is 9. The fraction of sp³-hybridized carbons (Fsp3) is 0. The van der Waals surface area contributed by atoms with Crippen molar-refractivity contribution < 1.29 is 9.47 Å². The van der Waals surface area contributed by atoms with Gasteiger partial charge in [-0.15, -0.1) is 0 Å². The molecule has 4 heterocycles. The van der Waals surface area contributed by atoms with Crippen LogP contribution in [0.4, 0.5) is 51.2 Å². The average Bonchev–Trinajstić information content (AvgIpc) is 3.15. The molecule has 0 saturated heterocycles. The molecule has 0 saturated carbocycles. The third-order valence-corrected chi connectivity index (χ3v) is 9.99. The minimum Gasteiger partial charge on any atom is -0.453 e. The van der Waals surface area contributed by atoms with Crippen LogP contribution in [0, 0.1) is 0 Å². The van der Waals surface area contributed by atoms with Crippen molar-refractivity contribution in [3.63, 3.8) is 0 Å². The maximum absolute atomic E-state index is 7.03. The lowest BCUT2D eigenvalue weighted by Crippen LogP contribution is -2.61. The van der Waals surface area contributed by atoms with Gasteiger partial charge in [0.2, 0.25) is 0 Å². The van der Waals surface area contributed by atoms with Crippen molar-refractivity contribution in [3.8, 4) is 23.0 Å². The van der Waals surface area contributed by atoms with Crippen molar-refractivity contribution in [2.24, 2.45) is 0 Å². The molecular weight excluding hydrogens is 589 g/mol. The standard InChI is InChI=1S/C42H26BN3O2/c1-3-13-27(14-4-1)44(28-15-5-2-6-16-28)35-26-25-30-41-42(35)48-37-23-10-8-19-32(37)46(41)34-21-12-20-33-39(34)43(30)29-17-11-24-38-40(29)45(33)31-18-7-9-22-36(31)47-38/h1-26H. The zero-order valence-corrected chi connectivity index (χ0v) is 25.7. The van der Waals surface area contributed by atoms with Crippen molar-refractivity contribution in [1.82, 2.24) is 0 Å². The molecule has 0 amide bonds. The number of fused-ring (bicyclic) bond motifs is 8. The second-order valence-electron chi connectivity index (χ2n) is 12.5. The van der Waals surface area contributed by atoms with Crippen LogP contribution in [0.15, 0.2) is 158 Å². The Balaban J connectivity index is 1.23. The lowest BCUT2D eigenvalue weighted by molar-refractivity contribution is 0.477. The number of hydrogen-bond donors (Lipinski definition) is 0. The minimum atomic E-state index is -0.0222. The number of nitrogens with zero attached hydrogens (tertiary/aromatic N) is 3. The van der Waals surface area contributed by atoms with Crippen molar-refractivity contribution in [2.45, 2.75) is 0 Å². The molecule has 0 spiro atoms. The fourth-order valence-electron chi connectivity index (χ4n) is 8.12. The highest BCUT2D eigenvalue weighted by molar-refractivity contribution is 7.00. The van der Waals surface area contributed by atoms with E-state index in [9.17, 15) is 0 Å². The first-order valence-electron chi connectivity index (χ1n) is 16.3. The molecule has 224 valence electrons. The van der Waals surface area contributed by atoms with Crippen LogP contribution in [-0.4, -0.2) is 6.71 Å². The first-order chi connectivity index (χ1) is 23.8. The molecule has 7 aromatic carbocycles. The number of hydrogen-bond acceptors (Lipinski definition) is 5. The molecule has 4 aliphatic heterocycles. The van der Waals surface area contributed by atoms with Gasteiger partial charge in [-0.2, -0.15) is 0 Å². The average molecular weight is 616 g/mol. The topological polar surface area (TPSA) is 28.2 Å². The number of ether oxygens (including phenoxy) is 2. The van der Waals surface area contributed by atoms with E-state index >= 15 is 0 Å². The lowest BCUT2D eigenvalue weighted by Gasteiger charge is -2.47. The van der Waals surface area contributed by atoms with Crippen LogP contribution in [0.1, 0.15) is 0 Å². The molecule has 0 aliphatic carbocycles. The largest absolute Gasteiger partial charge is 0.453 e. The monoisotopic (exact) mass is 615 g/mol. The van der Waals surface area contributed by atoms with Gasteiger partial charge in [0.1, 0.15) is 0 Å². The van der Waals surface area contributed by atoms with Gasteiger partial charge in [0.15, 0.2) is 23.0 Å². The summed E-state index contributed by atoms with van der Waals surface area (Å²) in [6.07, 6.45) is 0. The van der Waals surface area contributed by atoms with Crippen LogP contribution in [0.5, 0.6) is 23.0 Å². The van der Waals surface area contributed by atoms with Gasteiger partial charge >= 0.3 is 0 Å². The first-order valence-corrected chi connectivity index (χ1v) is 16.3. The Morgan fingerprint density at radius 3 is 1.62 bits per heavy atom. The molecule has 4 aliphatic rings. The van der Waals surface area contributed by atoms with E-state index in [1.165, 1.54) is 22.1 Å². The maximum Gasteiger partial charge on any atom is 0.252 e. The number of benzene rings is 7. The highest BCUT2D eigenvalue weighted by Gasteiger charge is 2.48. The molecular formula is C42H26BN3O2. The second kappa shape index (κ2) is 9.56. The zero-order chi connectivity index (χ0) is 31.3. The quantitative estimate of drug-likeness (QED) is 0.185. The van der Waals surface area contributed by atoms with E-state index in [4.69, 9.17) is 9.47 Å². The summed E-state index contributed by atoms with van der Waals surface area (Å²) in [5.74, 6) is 3.40. The molecule has 5 nitrogen and oxygen atoms in total. The second-order valence-corrected chi connectivity index (χ2v) is 12.5. The van der Waals surface area contributed by atoms with Gasteiger partial charge in [0.25, 0.3) is 6.71 Å². The van der Waals surface area contributed by atoms with Crippen LogP contribution >= 0.6 is 0 Å². The van der Waals surface area contributed by atoms with E-state index < -0.39 is 0 Å². The van der Waals surface area contributed by atoms with Gasteiger partial charge < -0.3 is 24.2 Å². The van der Waals surface area contributed by atoms with E-state index in [0.717, 1.165) is 68.5 Å². The van der Waals surface area contributed by atoms with E-state index in [-0.39, 0.29) is 6.71 Å². The lowest BCUT2D eigenvalue weighted by atomic mass is 9.33. The summed E-state index contributed by atoms with van der Waals surface area (Å²) < 4.78 is 13.6. The summed E-state index contributed by atoms with van der Waals surface area (Å²) in [4.78, 5) is 7.13. The van der Waals surface area contributed by atoms with Crippen LogP contribution in [-0.2, 0) is 0 Å². The summed E-state index contributed by atoms with van der Waals surface area (Å²) in [5.41, 5.74) is 13.4. The van der Waals surface area contributed by atoms with E-state index in [1.54, 1.807) is 0 Å². The van der Waals surface area contributed by atoms with Crippen molar-refractivity contribution in [3.05, 3.63) is 158 Å². The molecule has 0 radical (unpaired) electrons. The minimum absolute atomic E-state index is 0.0222. The predicted octanol–water partition coefficient (Wildman–Crippen LogP) is 9.45. The van der Waals surface area contributed by atoms with Gasteiger partial charge in [-0.05, 0) is 89.2 Å². The van der Waals surface area contributed by atoms with Gasteiger partial charge in [-0.3, -0.25) is 0 Å². The highest BCUT2D eigenvalue weighted by atomic mass is 16.5. The zero-order valence-electron chi connectivity index (χ0n) is 25.7. The SMILES string of the molecule is c1ccc(N(c2ccccc2)c2ccc3c4c2Oc2ccccc2N4c2cccc4c2B3c2cccc3c2N4c2ccccc2O3)cc1. The summed E-state index contributed by atoms with van der Waals surface area (Å²) in [6.45, 7) is -0.0222. The number of para-hydroxylation sites is 7. The van der Waals surface area contributed by atoms with Crippen LogP contribution in [0.25, 0.3) is 0 Å². The Morgan fingerprint density at radius 2 is 0.938 bits per heavy atom. The molecule has 0 bridgehead atoms. The molecule has 0 aromatic heterocycles. The first kappa shape index (κ1) is 25.8. The van der Waals surface area contributed by atoms with Gasteiger partial charge in [0.05, 0.1) is 28.4 Å². The van der Waals surface area contributed by atoms with E-state index in [1.807, 2.05) is 6.07 Å². The molecule has 0 atom stereocenters. The molecule has 6 heteroatoms. The normalized spacial score (nSPS) is 13.6. The van der Waals surface area contributed by atoms with E-state index in [0.29, 0.717) is 0 Å². The summed E-state index contributed by atoms with van der Waals surface area (Å²) >= 11 is 0. The van der Waals surface area contributed by atoms with Gasteiger partial charge in [-0.25, -0.2) is 0 Å². The molecule has 11 rings (SSSR count). The Bertz CT molecular complexity index is 2410. The number of rotatable bonds is 3. The molecule has 0 N–H and O–H groups in total. The molecule has 0 fully saturated rings. The molecule has 7 aromatic rings. The summed E-state index contributed by atoms with van der Waals surface area (Å²) in [5, 5.41) is 0. The fourth-order valence-corrected chi connectivity index (χ4v) is 8.12. The highest BCUT2D eigenvalue weighted by Crippen LogP contribution is 2.58. The van der Waals surface area contributed by atoms with Crippen molar-refractivity contribution in [2.75, 3.05) is 14.7 Å². The predicted molar refractivity (Wildman–Crippen MR) is 195 cm³/mol. The van der Waals surface area contributed by atoms with Crippen molar-refractivity contribution >= 4 is 74.3 Å². The third-order valence-electron chi connectivity index (χ3n) is 9.99. The van der Waals surface area contributed by atoms with Gasteiger partial charge in [0, 0.05) is 22.7 Å². The Kier molecular flexibility index (Phi) is 5.13. The maximum atomic E-state index is 7.03. The molecule has 0 unspecified atom stereocenters. The van der Waals surface area contributed by atoms with Crippen LogP contribution in [0.3, 0.4) is 0 Å². The third kappa shape index (κ3) is 3.36. The Labute approximate surface area is 278 Å². The smallest absolute Gasteiger partial charge is 0.252 e. The summed E-state index contributed by atoms with van der Waals surface area (Å²) in [7, 11) is 0.